The summed E-state index contributed by atoms with van der Waals surface area (Å²) in [6.07, 6.45) is 0. The van der Waals surface area contributed by atoms with Gasteiger partial charge >= 0.3 is 5.97 Å². The first-order valence-corrected chi connectivity index (χ1v) is 5.99. The van der Waals surface area contributed by atoms with Crippen molar-refractivity contribution in [1.82, 2.24) is 0 Å². The van der Waals surface area contributed by atoms with E-state index in [0.29, 0.717) is 12.4 Å². The molecule has 4 heteroatoms. The highest BCUT2D eigenvalue weighted by Gasteiger charge is 2.15. The van der Waals surface area contributed by atoms with E-state index >= 15 is 0 Å². The molecule has 1 aromatic carbocycles. The van der Waals surface area contributed by atoms with Crippen molar-refractivity contribution in [2.24, 2.45) is 0 Å². The molecule has 0 unspecified atom stereocenters. The molecule has 17 heavy (non-hydrogen) atoms. The molecule has 0 saturated heterocycles. The van der Waals surface area contributed by atoms with E-state index in [1.807, 2.05) is 37.3 Å². The summed E-state index contributed by atoms with van der Waals surface area (Å²) in [5.41, 5.74) is 1.02. The summed E-state index contributed by atoms with van der Waals surface area (Å²) in [6.45, 7) is 2.25. The van der Waals surface area contributed by atoms with E-state index in [1.165, 1.54) is 11.3 Å². The van der Waals surface area contributed by atoms with Crippen LogP contribution < -0.4 is 4.74 Å². The Bertz CT molecular complexity index is 517. The lowest BCUT2D eigenvalue weighted by Crippen LogP contribution is -1.99. The lowest BCUT2D eigenvalue weighted by Gasteiger charge is -2.04. The standard InChI is InChI=1S/C13H12O3S/c1-9-7-11(12(17-9)13(14)15)16-8-10-5-3-2-4-6-10/h2-7H,8H2,1H3,(H,14,15). The van der Waals surface area contributed by atoms with E-state index in [9.17, 15) is 4.79 Å². The molecule has 0 bridgehead atoms. The van der Waals surface area contributed by atoms with Crippen LogP contribution in [0.5, 0.6) is 5.75 Å². The Balaban J connectivity index is 2.11. The lowest BCUT2D eigenvalue weighted by molar-refractivity contribution is 0.0697. The number of hydrogen-bond donors (Lipinski definition) is 1. The predicted molar refractivity (Wildman–Crippen MR) is 66.8 cm³/mol. The first kappa shape index (κ1) is 11.7. The Kier molecular flexibility index (Phi) is 3.44. The number of ether oxygens (including phenoxy) is 1. The summed E-state index contributed by atoms with van der Waals surface area (Å²) < 4.78 is 5.53. The van der Waals surface area contributed by atoms with Crippen LogP contribution in [0, 0.1) is 6.92 Å². The molecule has 1 heterocycles. The normalized spacial score (nSPS) is 10.2. The number of carboxylic acid groups (broad SMARTS) is 1. The van der Waals surface area contributed by atoms with Gasteiger partial charge in [-0.25, -0.2) is 4.79 Å². The van der Waals surface area contributed by atoms with Crippen molar-refractivity contribution < 1.29 is 14.6 Å². The highest BCUT2D eigenvalue weighted by Crippen LogP contribution is 2.29. The monoisotopic (exact) mass is 248 g/mol. The lowest BCUT2D eigenvalue weighted by atomic mass is 10.2. The fourth-order valence-electron chi connectivity index (χ4n) is 1.48. The van der Waals surface area contributed by atoms with Crippen LogP contribution in [0.15, 0.2) is 36.4 Å². The minimum Gasteiger partial charge on any atom is -0.487 e. The summed E-state index contributed by atoms with van der Waals surface area (Å²) >= 11 is 1.23. The second-order valence-corrected chi connectivity index (χ2v) is 4.89. The molecule has 0 saturated carbocycles. The zero-order valence-electron chi connectivity index (χ0n) is 9.34. The molecule has 0 aliphatic carbocycles. The molecular weight excluding hydrogens is 236 g/mol. The van der Waals surface area contributed by atoms with Gasteiger partial charge in [0, 0.05) is 4.88 Å². The van der Waals surface area contributed by atoms with Gasteiger partial charge in [0.05, 0.1) is 0 Å². The average Bonchev–Trinajstić information content (AvgIpc) is 2.69. The Labute approximate surface area is 103 Å². The van der Waals surface area contributed by atoms with Crippen LogP contribution in [0.2, 0.25) is 0 Å². The summed E-state index contributed by atoms with van der Waals surface area (Å²) in [7, 11) is 0. The molecule has 0 spiro atoms. The third-order valence-electron chi connectivity index (χ3n) is 2.25. The van der Waals surface area contributed by atoms with Crippen molar-refractivity contribution in [1.29, 1.82) is 0 Å². The van der Waals surface area contributed by atoms with Crippen LogP contribution in [-0.4, -0.2) is 11.1 Å². The van der Waals surface area contributed by atoms with Gasteiger partial charge in [-0.1, -0.05) is 30.3 Å². The molecule has 0 fully saturated rings. The minimum absolute atomic E-state index is 0.262. The number of carbonyl (C=O) groups is 1. The van der Waals surface area contributed by atoms with Crippen molar-refractivity contribution in [3.63, 3.8) is 0 Å². The number of rotatable bonds is 4. The van der Waals surface area contributed by atoms with E-state index in [4.69, 9.17) is 9.84 Å². The van der Waals surface area contributed by atoms with Gasteiger partial charge in [-0.15, -0.1) is 11.3 Å². The zero-order chi connectivity index (χ0) is 12.3. The van der Waals surface area contributed by atoms with E-state index in [1.54, 1.807) is 6.07 Å². The molecule has 0 aliphatic rings. The molecular formula is C13H12O3S. The average molecular weight is 248 g/mol. The van der Waals surface area contributed by atoms with Gasteiger partial charge in [-0.05, 0) is 18.6 Å². The molecule has 2 aromatic rings. The van der Waals surface area contributed by atoms with E-state index in [-0.39, 0.29) is 4.88 Å². The fraction of sp³-hybridized carbons (Fsp3) is 0.154. The molecule has 0 aliphatic heterocycles. The number of thiophene rings is 1. The smallest absolute Gasteiger partial charge is 0.349 e. The molecule has 0 atom stereocenters. The maximum absolute atomic E-state index is 11.0. The maximum atomic E-state index is 11.0. The summed E-state index contributed by atoms with van der Waals surface area (Å²) in [6, 6.07) is 11.4. The highest BCUT2D eigenvalue weighted by atomic mass is 32.1. The van der Waals surface area contributed by atoms with Crippen LogP contribution in [-0.2, 0) is 6.61 Å². The van der Waals surface area contributed by atoms with E-state index in [0.717, 1.165) is 10.4 Å². The van der Waals surface area contributed by atoms with Crippen molar-refractivity contribution in [2.45, 2.75) is 13.5 Å². The van der Waals surface area contributed by atoms with Gasteiger partial charge in [-0.3, -0.25) is 0 Å². The van der Waals surface area contributed by atoms with E-state index in [2.05, 4.69) is 0 Å². The Morgan fingerprint density at radius 3 is 2.71 bits per heavy atom. The number of aromatic carboxylic acids is 1. The maximum Gasteiger partial charge on any atom is 0.349 e. The molecule has 1 N–H and O–H groups in total. The fourth-order valence-corrected chi connectivity index (χ4v) is 2.28. The summed E-state index contributed by atoms with van der Waals surface area (Å²) in [5.74, 6) is -0.491. The van der Waals surface area contributed by atoms with Crippen LogP contribution >= 0.6 is 11.3 Å². The highest BCUT2D eigenvalue weighted by molar-refractivity contribution is 7.14. The first-order chi connectivity index (χ1) is 8.16. The predicted octanol–water partition coefficient (Wildman–Crippen LogP) is 3.33. The second kappa shape index (κ2) is 5.01. The van der Waals surface area contributed by atoms with Gasteiger partial charge in [0.2, 0.25) is 0 Å². The molecule has 3 nitrogen and oxygen atoms in total. The Morgan fingerprint density at radius 1 is 1.35 bits per heavy atom. The van der Waals surface area contributed by atoms with Crippen LogP contribution in [0.4, 0.5) is 0 Å². The number of benzene rings is 1. The van der Waals surface area contributed by atoms with Crippen LogP contribution in [0.25, 0.3) is 0 Å². The van der Waals surface area contributed by atoms with Gasteiger partial charge < -0.3 is 9.84 Å². The molecule has 1 aromatic heterocycles. The van der Waals surface area contributed by atoms with Crippen LogP contribution in [0.1, 0.15) is 20.1 Å². The van der Waals surface area contributed by atoms with Crippen molar-refractivity contribution >= 4 is 17.3 Å². The molecule has 88 valence electrons. The second-order valence-electron chi connectivity index (χ2n) is 3.63. The SMILES string of the molecule is Cc1cc(OCc2ccccc2)c(C(=O)O)s1. The van der Waals surface area contributed by atoms with Crippen molar-refractivity contribution in [3.05, 3.63) is 51.7 Å². The third kappa shape index (κ3) is 2.85. The van der Waals surface area contributed by atoms with Gasteiger partial charge in [0.1, 0.15) is 12.4 Å². The van der Waals surface area contributed by atoms with Crippen molar-refractivity contribution in [2.75, 3.05) is 0 Å². The van der Waals surface area contributed by atoms with Gasteiger partial charge in [0.15, 0.2) is 4.88 Å². The number of carboxylic acids is 1. The number of hydrogen-bond acceptors (Lipinski definition) is 3. The first-order valence-electron chi connectivity index (χ1n) is 5.17. The Morgan fingerprint density at radius 2 is 2.06 bits per heavy atom. The topological polar surface area (TPSA) is 46.5 Å². The quantitative estimate of drug-likeness (QED) is 0.902. The molecule has 0 amide bonds. The summed E-state index contributed by atoms with van der Waals surface area (Å²) in [4.78, 5) is 12.2. The largest absolute Gasteiger partial charge is 0.487 e. The Hall–Kier alpha value is -1.81. The molecule has 2 rings (SSSR count). The van der Waals surface area contributed by atoms with Crippen molar-refractivity contribution in [3.8, 4) is 5.75 Å². The minimum atomic E-state index is -0.939. The zero-order valence-corrected chi connectivity index (χ0v) is 10.2. The molecule has 0 radical (unpaired) electrons. The third-order valence-corrected chi connectivity index (χ3v) is 3.27. The van der Waals surface area contributed by atoms with Gasteiger partial charge in [0.25, 0.3) is 0 Å². The summed E-state index contributed by atoms with van der Waals surface area (Å²) in [5, 5.41) is 9.01. The number of aryl methyl sites for hydroxylation is 1. The van der Waals surface area contributed by atoms with Crippen LogP contribution in [0.3, 0.4) is 0 Å². The van der Waals surface area contributed by atoms with E-state index < -0.39 is 5.97 Å². The van der Waals surface area contributed by atoms with Gasteiger partial charge in [-0.2, -0.15) is 0 Å².